The van der Waals surface area contributed by atoms with Crippen LogP contribution in [0.3, 0.4) is 0 Å². The molecule has 2 aromatic carbocycles. The summed E-state index contributed by atoms with van der Waals surface area (Å²) in [5.41, 5.74) is 6.44. The quantitative estimate of drug-likeness (QED) is 0.783. The lowest BCUT2D eigenvalue weighted by Gasteiger charge is -2.23. The van der Waals surface area contributed by atoms with Crippen molar-refractivity contribution >= 4 is 27.5 Å². The van der Waals surface area contributed by atoms with Gasteiger partial charge in [-0.05, 0) is 42.7 Å². The van der Waals surface area contributed by atoms with E-state index in [0.29, 0.717) is 25.1 Å². The van der Waals surface area contributed by atoms with Crippen molar-refractivity contribution in [3.63, 3.8) is 0 Å². The maximum Gasteiger partial charge on any atom is 0.243 e. The van der Waals surface area contributed by atoms with Crippen LogP contribution in [0, 0.1) is 0 Å². The second-order valence-electron chi connectivity index (χ2n) is 6.42. The molecular formula is C19H21N3O4S. The zero-order valence-electron chi connectivity index (χ0n) is 14.7. The first-order valence-electron chi connectivity index (χ1n) is 8.63. The molecule has 1 saturated heterocycles. The van der Waals surface area contributed by atoms with Gasteiger partial charge in [-0.25, -0.2) is 8.42 Å². The van der Waals surface area contributed by atoms with Gasteiger partial charge in [-0.3, -0.25) is 9.59 Å². The average molecular weight is 387 g/mol. The Balaban J connectivity index is 1.73. The molecule has 3 N–H and O–H groups in total. The van der Waals surface area contributed by atoms with Crippen LogP contribution in [0.2, 0.25) is 0 Å². The minimum Gasteiger partial charge on any atom is -0.369 e. The highest BCUT2D eigenvalue weighted by atomic mass is 32.2. The molecule has 1 heterocycles. The number of benzene rings is 2. The zero-order valence-corrected chi connectivity index (χ0v) is 15.5. The molecule has 1 unspecified atom stereocenters. The van der Waals surface area contributed by atoms with Crippen LogP contribution in [0.5, 0.6) is 0 Å². The van der Waals surface area contributed by atoms with Crippen molar-refractivity contribution < 1.29 is 18.0 Å². The minimum atomic E-state index is -3.72. The lowest BCUT2D eigenvalue weighted by atomic mass is 10.1. The molecule has 0 aliphatic carbocycles. The number of carbonyl (C=O) groups excluding carboxylic acids is 2. The summed E-state index contributed by atoms with van der Waals surface area (Å²) < 4.78 is 27.0. The molecule has 0 radical (unpaired) electrons. The summed E-state index contributed by atoms with van der Waals surface area (Å²) in [7, 11) is -3.72. The maximum atomic E-state index is 12.9. The molecule has 0 bridgehead atoms. The maximum absolute atomic E-state index is 12.9. The van der Waals surface area contributed by atoms with Gasteiger partial charge in [0.05, 0.1) is 11.3 Å². The predicted octanol–water partition coefficient (Wildman–Crippen LogP) is 1.51. The van der Waals surface area contributed by atoms with E-state index in [9.17, 15) is 18.0 Å². The van der Waals surface area contributed by atoms with Crippen LogP contribution in [0.15, 0.2) is 59.5 Å². The smallest absolute Gasteiger partial charge is 0.243 e. The van der Waals surface area contributed by atoms with Crippen molar-refractivity contribution in [3.05, 3.63) is 60.2 Å². The second-order valence-corrected chi connectivity index (χ2v) is 8.31. The van der Waals surface area contributed by atoms with Gasteiger partial charge in [0.15, 0.2) is 0 Å². The van der Waals surface area contributed by atoms with Crippen molar-refractivity contribution in [1.29, 1.82) is 0 Å². The number of rotatable bonds is 6. The lowest BCUT2D eigenvalue weighted by Crippen LogP contribution is -2.43. The fourth-order valence-electron chi connectivity index (χ4n) is 3.15. The van der Waals surface area contributed by atoms with Crippen LogP contribution in [0.1, 0.15) is 18.4 Å². The molecule has 0 saturated carbocycles. The van der Waals surface area contributed by atoms with Gasteiger partial charge in [-0.1, -0.05) is 30.3 Å². The van der Waals surface area contributed by atoms with Crippen LogP contribution >= 0.6 is 0 Å². The lowest BCUT2D eigenvalue weighted by molar-refractivity contribution is -0.119. The Bertz CT molecular complexity index is 927. The van der Waals surface area contributed by atoms with Crippen molar-refractivity contribution in [3.8, 4) is 0 Å². The highest BCUT2D eigenvalue weighted by molar-refractivity contribution is 7.89. The summed E-state index contributed by atoms with van der Waals surface area (Å²) in [6.07, 6.45) is 1.22. The molecular weight excluding hydrogens is 366 g/mol. The van der Waals surface area contributed by atoms with Gasteiger partial charge >= 0.3 is 0 Å². The minimum absolute atomic E-state index is 0.125. The van der Waals surface area contributed by atoms with Gasteiger partial charge in [0.1, 0.15) is 6.04 Å². The van der Waals surface area contributed by atoms with Crippen molar-refractivity contribution in [2.24, 2.45) is 5.73 Å². The molecule has 1 atom stereocenters. The summed E-state index contributed by atoms with van der Waals surface area (Å²) >= 11 is 0. The zero-order chi connectivity index (χ0) is 19.4. The molecule has 27 heavy (non-hydrogen) atoms. The van der Waals surface area contributed by atoms with Gasteiger partial charge in [0, 0.05) is 12.2 Å². The van der Waals surface area contributed by atoms with E-state index in [1.807, 2.05) is 0 Å². The van der Waals surface area contributed by atoms with Crippen LogP contribution < -0.4 is 11.1 Å². The summed E-state index contributed by atoms with van der Waals surface area (Å²) in [6, 6.07) is 14.1. The first-order chi connectivity index (χ1) is 12.9. The molecule has 1 aliphatic heterocycles. The Labute approximate surface area is 158 Å². The number of hydrogen-bond acceptors (Lipinski definition) is 4. The highest BCUT2D eigenvalue weighted by Crippen LogP contribution is 2.27. The Kier molecular flexibility index (Phi) is 5.57. The van der Waals surface area contributed by atoms with Crippen LogP contribution in [0.4, 0.5) is 5.69 Å². The largest absolute Gasteiger partial charge is 0.369 e. The number of primary amides is 1. The summed E-state index contributed by atoms with van der Waals surface area (Å²) in [4.78, 5) is 23.8. The molecule has 2 aromatic rings. The van der Waals surface area contributed by atoms with E-state index in [1.165, 1.54) is 16.4 Å². The molecule has 0 spiro atoms. The fraction of sp³-hybridized carbons (Fsp3) is 0.263. The van der Waals surface area contributed by atoms with Crippen LogP contribution in [-0.4, -0.2) is 37.1 Å². The second kappa shape index (κ2) is 7.89. The van der Waals surface area contributed by atoms with Crippen LogP contribution in [-0.2, 0) is 26.0 Å². The Morgan fingerprint density at radius 2 is 1.74 bits per heavy atom. The van der Waals surface area contributed by atoms with Gasteiger partial charge in [-0.2, -0.15) is 4.31 Å². The van der Waals surface area contributed by atoms with Crippen LogP contribution in [0.25, 0.3) is 0 Å². The number of hydrogen-bond donors (Lipinski definition) is 2. The molecule has 3 rings (SSSR count). The number of sulfonamides is 1. The standard InChI is InChI=1S/C19H21N3O4S/c20-18(23)13-14-8-10-15(11-9-14)21-19(24)17-7-4-12-22(17)27(25,26)16-5-2-1-3-6-16/h1-3,5-6,8-11,17H,4,7,12-13H2,(H2,20,23)(H,21,24). The van der Waals surface area contributed by atoms with Crippen molar-refractivity contribution in [2.75, 3.05) is 11.9 Å². The van der Waals surface area contributed by atoms with E-state index >= 15 is 0 Å². The number of nitrogens with zero attached hydrogens (tertiary/aromatic N) is 1. The number of amides is 2. The Hall–Kier alpha value is -2.71. The first kappa shape index (κ1) is 19.1. The third-order valence-corrected chi connectivity index (χ3v) is 6.38. The predicted molar refractivity (Wildman–Crippen MR) is 101 cm³/mol. The highest BCUT2D eigenvalue weighted by Gasteiger charge is 2.39. The van der Waals surface area contributed by atoms with Crippen molar-refractivity contribution in [2.45, 2.75) is 30.2 Å². The van der Waals surface area contributed by atoms with Gasteiger partial charge in [0.2, 0.25) is 21.8 Å². The number of nitrogens with two attached hydrogens (primary N) is 1. The van der Waals surface area contributed by atoms with Crippen molar-refractivity contribution in [1.82, 2.24) is 4.31 Å². The summed E-state index contributed by atoms with van der Waals surface area (Å²) in [5, 5.41) is 2.76. The molecule has 0 aromatic heterocycles. The molecule has 142 valence electrons. The summed E-state index contributed by atoms with van der Waals surface area (Å²) in [6.45, 7) is 0.312. The van der Waals surface area contributed by atoms with E-state index in [2.05, 4.69) is 5.32 Å². The monoisotopic (exact) mass is 387 g/mol. The molecule has 7 nitrogen and oxygen atoms in total. The number of anilines is 1. The number of nitrogens with one attached hydrogen (secondary N) is 1. The first-order valence-corrected chi connectivity index (χ1v) is 10.1. The third-order valence-electron chi connectivity index (χ3n) is 4.46. The SMILES string of the molecule is NC(=O)Cc1ccc(NC(=O)C2CCCN2S(=O)(=O)c2ccccc2)cc1. The van der Waals surface area contributed by atoms with E-state index in [-0.39, 0.29) is 17.2 Å². The molecule has 2 amide bonds. The van der Waals surface area contributed by atoms with Gasteiger partial charge in [0.25, 0.3) is 0 Å². The van der Waals surface area contributed by atoms with Gasteiger partial charge in [-0.15, -0.1) is 0 Å². The average Bonchev–Trinajstić information content (AvgIpc) is 3.14. The summed E-state index contributed by atoms with van der Waals surface area (Å²) in [5.74, 6) is -0.797. The van der Waals surface area contributed by atoms with E-state index in [0.717, 1.165) is 5.56 Å². The topological polar surface area (TPSA) is 110 Å². The van der Waals surface area contributed by atoms with E-state index in [1.54, 1.807) is 42.5 Å². The number of carbonyl (C=O) groups is 2. The molecule has 1 fully saturated rings. The third kappa shape index (κ3) is 4.35. The fourth-order valence-corrected chi connectivity index (χ4v) is 4.83. The Morgan fingerprint density at radius 1 is 1.07 bits per heavy atom. The molecule has 1 aliphatic rings. The Morgan fingerprint density at radius 3 is 2.37 bits per heavy atom. The van der Waals surface area contributed by atoms with Gasteiger partial charge < -0.3 is 11.1 Å². The normalized spacial score (nSPS) is 17.6. The van der Waals surface area contributed by atoms with E-state index in [4.69, 9.17) is 5.73 Å². The molecule has 8 heteroatoms. The van der Waals surface area contributed by atoms with E-state index < -0.39 is 22.0 Å².